The number of hydrogen-bond donors (Lipinski definition) is 1. The first-order valence-corrected chi connectivity index (χ1v) is 39.3. The fraction of sp³-hybridized carbons (Fsp3) is 0.459. The molecule has 0 aliphatic carbocycles. The number of fused-ring (bicyclic) bond motifs is 3. The number of carbonyl (C=O) groups excluding carboxylic acids is 2. The SMILES string of the molecule is CC(C)(O)CCC(=O)C1CCN(c2ccc(-c3cc(N4CCCC4)cn4ncc(C#N)c34)cn2)CC1.CC(C)OCCCC(=O)C1CCN(c2ccc(-c3cc(N4CCCC4)cn4ncc(C#N)c34)cn2)CC1.COc1ccc(CN2CCN(c3ccc(-c4cc(N5CCCC5)cn5ncc(C#N)c45)cn3)CC2)cn1. The van der Waals surface area contributed by atoms with E-state index in [4.69, 9.17) is 24.4 Å². The molecule has 0 unspecified atom stereocenters. The van der Waals surface area contributed by atoms with Gasteiger partial charge in [0.05, 0.1) is 106 Å². The zero-order valence-corrected chi connectivity index (χ0v) is 64.1. The fourth-order valence-corrected chi connectivity index (χ4v) is 16.2. The highest BCUT2D eigenvalue weighted by molar-refractivity contribution is 5.89. The lowest BCUT2D eigenvalue weighted by molar-refractivity contribution is -0.125. The van der Waals surface area contributed by atoms with E-state index in [2.05, 4.69) is 127 Å². The van der Waals surface area contributed by atoms with Gasteiger partial charge in [0.25, 0.3) is 0 Å². The van der Waals surface area contributed by atoms with Crippen molar-refractivity contribution < 1.29 is 24.2 Å². The molecule has 110 heavy (non-hydrogen) atoms. The summed E-state index contributed by atoms with van der Waals surface area (Å²) in [5.74, 6) is 4.29. The second-order valence-electron chi connectivity index (χ2n) is 30.8. The molecule has 1 N–H and O–H groups in total. The Morgan fingerprint density at radius 3 is 1.22 bits per heavy atom. The van der Waals surface area contributed by atoms with Crippen LogP contribution in [0.2, 0.25) is 0 Å². The molecule has 6 saturated heterocycles. The summed E-state index contributed by atoms with van der Waals surface area (Å²) >= 11 is 0. The molecule has 0 radical (unpaired) electrons. The lowest BCUT2D eigenvalue weighted by atomic mass is 9.88. The molecule has 10 aromatic heterocycles. The number of rotatable bonds is 22. The molecule has 6 aliphatic rings. The summed E-state index contributed by atoms with van der Waals surface area (Å²) in [6.45, 7) is 22.4. The number of Topliss-reactive ketones (excluding diaryl/α,β-unsaturated/α-hetero) is 2. The number of pyridine rings is 7. The summed E-state index contributed by atoms with van der Waals surface area (Å²) in [6, 6.07) is 29.8. The summed E-state index contributed by atoms with van der Waals surface area (Å²) in [6.07, 6.45) is 31.7. The molecule has 0 atom stereocenters. The number of piperazine rings is 1. The van der Waals surface area contributed by atoms with Gasteiger partial charge in [-0.1, -0.05) is 6.07 Å². The highest BCUT2D eigenvalue weighted by atomic mass is 16.5. The van der Waals surface area contributed by atoms with E-state index in [0.29, 0.717) is 54.2 Å². The topological polar surface area (TPSA) is 270 Å². The Morgan fingerprint density at radius 1 is 0.491 bits per heavy atom. The van der Waals surface area contributed by atoms with E-state index in [1.54, 1.807) is 39.5 Å². The number of methoxy groups -OCH3 is 1. The maximum absolute atomic E-state index is 12.6. The zero-order chi connectivity index (χ0) is 76.3. The van der Waals surface area contributed by atoms with Crippen LogP contribution in [0.25, 0.3) is 49.9 Å². The van der Waals surface area contributed by atoms with E-state index in [1.807, 2.05) is 82.9 Å². The molecule has 570 valence electrons. The van der Waals surface area contributed by atoms with Crippen LogP contribution < -0.4 is 34.1 Å². The van der Waals surface area contributed by atoms with Gasteiger partial charge < -0.3 is 44.0 Å². The normalized spacial score (nSPS) is 16.7. The molecule has 6 aliphatic heterocycles. The minimum Gasteiger partial charge on any atom is -0.481 e. The van der Waals surface area contributed by atoms with Crippen LogP contribution in [-0.4, -0.2) is 187 Å². The fourth-order valence-electron chi connectivity index (χ4n) is 16.2. The van der Waals surface area contributed by atoms with Gasteiger partial charge in [-0.15, -0.1) is 0 Å². The minimum atomic E-state index is -0.799. The van der Waals surface area contributed by atoms with E-state index in [-0.39, 0.29) is 23.7 Å². The maximum Gasteiger partial charge on any atom is 0.212 e. The average Bonchev–Trinajstić information content (AvgIpc) is 1.54. The number of carbonyl (C=O) groups is 2. The first kappa shape index (κ1) is 75.8. The molecule has 0 bridgehead atoms. The van der Waals surface area contributed by atoms with Gasteiger partial charge >= 0.3 is 0 Å². The predicted molar refractivity (Wildman–Crippen MR) is 428 cm³/mol. The third kappa shape index (κ3) is 17.8. The number of piperidine rings is 2. The van der Waals surface area contributed by atoms with Gasteiger partial charge in [0.2, 0.25) is 5.88 Å². The van der Waals surface area contributed by atoms with Gasteiger partial charge in [0.1, 0.15) is 47.2 Å². The number of ether oxygens (including phenoxy) is 2. The average molecular weight is 1480 g/mol. The van der Waals surface area contributed by atoms with E-state index in [0.717, 1.165) is 215 Å². The van der Waals surface area contributed by atoms with Gasteiger partial charge in [0, 0.05) is 194 Å². The molecular formula is C85H100N20O5. The molecule has 6 fully saturated rings. The lowest BCUT2D eigenvalue weighted by Crippen LogP contribution is -2.46. The summed E-state index contributed by atoms with van der Waals surface area (Å²) in [5, 5.41) is 52.3. The summed E-state index contributed by atoms with van der Waals surface area (Å²) in [4.78, 5) is 60.3. The number of aliphatic hydroxyl groups is 1. The van der Waals surface area contributed by atoms with E-state index in [1.165, 1.54) is 44.1 Å². The Kier molecular flexibility index (Phi) is 23.9. The van der Waals surface area contributed by atoms with Crippen LogP contribution in [0.3, 0.4) is 0 Å². The standard InChI is InChI=1S/C29H36N6O2.C28H30N8O.C28H34N6O2/c1-21(2)37-15-5-6-27(36)22-9-13-34(14-10-22)28-8-7-23(18-31-28)26-16-25(33-11-3-4-12-33)20-35-29(26)24(17-30)19-32-35;1-37-27-7-4-21(16-31-27)19-33-10-12-35(13-11-33)26-6-5-22(17-30-26)25-14-24(34-8-2-3-9-34)20-36-28(25)23(15-29)18-32-36;1-28(2,36)10-7-25(35)20-8-13-33(14-9-20)26-6-5-21(17-30-26)24-15-23(32-11-3-4-12-32)19-34-27(24)22(16-29)18-31-34/h7-8,16,18-22H,3-6,9-15H2,1-2H3;4-7,14,16-18,20H,2-3,8-13,19H2,1H3;5-6,15,17-20,36H,3-4,7-14H2,1-2H3. The maximum atomic E-state index is 12.6. The van der Waals surface area contributed by atoms with E-state index in [9.17, 15) is 30.5 Å². The molecule has 10 aromatic rings. The van der Waals surface area contributed by atoms with Gasteiger partial charge in [0.15, 0.2) is 0 Å². The van der Waals surface area contributed by atoms with Gasteiger partial charge in [-0.25, -0.2) is 33.5 Å². The second kappa shape index (κ2) is 34.7. The number of ketones is 2. The van der Waals surface area contributed by atoms with Crippen LogP contribution in [0.1, 0.15) is 140 Å². The Hall–Kier alpha value is -11.0. The van der Waals surface area contributed by atoms with Crippen molar-refractivity contribution >= 4 is 62.6 Å². The molecule has 0 amide bonds. The monoisotopic (exact) mass is 1480 g/mol. The quantitative estimate of drug-likeness (QED) is 0.0618. The molecule has 0 aromatic carbocycles. The Bertz CT molecular complexity index is 4930. The molecular weight excluding hydrogens is 1380 g/mol. The van der Waals surface area contributed by atoms with Crippen LogP contribution >= 0.6 is 0 Å². The minimum absolute atomic E-state index is 0.0655. The second-order valence-corrected chi connectivity index (χ2v) is 30.8. The molecule has 0 saturated carbocycles. The molecule has 16 heterocycles. The highest BCUT2D eigenvalue weighted by Gasteiger charge is 2.30. The Balaban J connectivity index is 0.000000138. The molecule has 25 nitrogen and oxygen atoms in total. The first-order valence-electron chi connectivity index (χ1n) is 39.3. The van der Waals surface area contributed by atoms with Crippen LogP contribution in [0.4, 0.5) is 34.5 Å². The Labute approximate surface area is 643 Å². The summed E-state index contributed by atoms with van der Waals surface area (Å²) < 4.78 is 16.2. The number of anilines is 6. The van der Waals surface area contributed by atoms with Crippen molar-refractivity contribution in [1.82, 2.24) is 53.7 Å². The van der Waals surface area contributed by atoms with Crippen molar-refractivity contribution in [3.8, 4) is 57.5 Å². The third-order valence-electron chi connectivity index (χ3n) is 22.4. The van der Waals surface area contributed by atoms with Crippen molar-refractivity contribution in [2.45, 2.75) is 136 Å². The van der Waals surface area contributed by atoms with E-state index >= 15 is 0 Å². The van der Waals surface area contributed by atoms with E-state index < -0.39 is 5.60 Å². The number of nitrogens with zero attached hydrogens (tertiary/aromatic N) is 20. The highest BCUT2D eigenvalue weighted by Crippen LogP contribution is 2.38. The number of nitriles is 3. The predicted octanol–water partition coefficient (Wildman–Crippen LogP) is 12.7. The Morgan fingerprint density at radius 2 is 0.882 bits per heavy atom. The van der Waals surface area contributed by atoms with Crippen LogP contribution in [0.5, 0.6) is 5.88 Å². The van der Waals surface area contributed by atoms with Crippen LogP contribution in [0, 0.1) is 45.8 Å². The smallest absolute Gasteiger partial charge is 0.212 e. The van der Waals surface area contributed by atoms with Crippen LogP contribution in [0.15, 0.2) is 129 Å². The van der Waals surface area contributed by atoms with Crippen molar-refractivity contribution in [1.29, 1.82) is 15.8 Å². The summed E-state index contributed by atoms with van der Waals surface area (Å²) in [7, 11) is 1.63. The first-order chi connectivity index (χ1) is 53.6. The van der Waals surface area contributed by atoms with Crippen LogP contribution in [-0.2, 0) is 20.9 Å². The van der Waals surface area contributed by atoms with Gasteiger partial charge in [-0.2, -0.15) is 31.1 Å². The van der Waals surface area contributed by atoms with Gasteiger partial charge in [-0.3, -0.25) is 14.5 Å². The molecule has 25 heteroatoms. The molecule has 16 rings (SSSR count). The van der Waals surface area contributed by atoms with Crippen molar-refractivity contribution in [3.05, 3.63) is 151 Å². The van der Waals surface area contributed by atoms with Crippen molar-refractivity contribution in [2.75, 3.05) is 135 Å². The summed E-state index contributed by atoms with van der Waals surface area (Å²) in [5.41, 5.74) is 13.8. The lowest BCUT2D eigenvalue weighted by Gasteiger charge is -2.35. The zero-order valence-electron chi connectivity index (χ0n) is 64.1. The largest absolute Gasteiger partial charge is 0.481 e. The number of hydrogen-bond acceptors (Lipinski definition) is 22. The third-order valence-corrected chi connectivity index (χ3v) is 22.4. The number of aromatic nitrogens is 10. The van der Waals surface area contributed by atoms with Crippen molar-refractivity contribution in [2.24, 2.45) is 11.8 Å². The molecule has 0 spiro atoms. The van der Waals surface area contributed by atoms with Crippen molar-refractivity contribution in [3.63, 3.8) is 0 Å². The van der Waals surface area contributed by atoms with Gasteiger partial charge in [-0.05, 0) is 165 Å².